The Kier molecular flexibility index (Phi) is 4.64. The maximum Gasteiger partial charge on any atom is 0.333 e. The van der Waals surface area contributed by atoms with Crippen LogP contribution in [-0.4, -0.2) is 21.6 Å². The lowest BCUT2D eigenvalue weighted by Gasteiger charge is -2.08. The van der Waals surface area contributed by atoms with Crippen LogP contribution in [0.4, 0.5) is 0 Å². The number of aromatic nitrogens is 3. The van der Waals surface area contributed by atoms with Gasteiger partial charge < -0.3 is 9.72 Å². The average Bonchev–Trinajstić information content (AvgIpc) is 3.19. The van der Waals surface area contributed by atoms with E-state index in [9.17, 15) is 9.59 Å². The largest absolute Gasteiger partial charge is 0.496 e. The van der Waals surface area contributed by atoms with Crippen LogP contribution >= 0.6 is 22.9 Å². The third kappa shape index (κ3) is 3.13. The second-order valence-corrected chi connectivity index (χ2v) is 8.57. The van der Waals surface area contributed by atoms with Gasteiger partial charge in [0, 0.05) is 27.4 Å². The predicted molar refractivity (Wildman–Crippen MR) is 125 cm³/mol. The van der Waals surface area contributed by atoms with Crippen LogP contribution < -0.4 is 16.0 Å². The van der Waals surface area contributed by atoms with E-state index in [4.69, 9.17) is 16.3 Å². The summed E-state index contributed by atoms with van der Waals surface area (Å²) in [6.45, 7) is 1.92. The van der Waals surface area contributed by atoms with Gasteiger partial charge in [0.15, 0.2) is 0 Å². The number of thiophene rings is 1. The topological polar surface area (TPSA) is 77.0 Å². The Morgan fingerprint density at radius 1 is 1.13 bits per heavy atom. The van der Waals surface area contributed by atoms with E-state index in [0.29, 0.717) is 26.7 Å². The molecule has 0 fully saturated rings. The summed E-state index contributed by atoms with van der Waals surface area (Å²) in [4.78, 5) is 34.1. The average molecular weight is 450 g/mol. The monoisotopic (exact) mass is 449 g/mol. The minimum absolute atomic E-state index is 0.394. The molecule has 31 heavy (non-hydrogen) atoms. The molecule has 0 spiro atoms. The lowest BCUT2D eigenvalue weighted by Crippen LogP contribution is -2.33. The van der Waals surface area contributed by atoms with Gasteiger partial charge in [-0.2, -0.15) is 0 Å². The number of nitrogens with zero attached hydrogens (tertiary/aromatic N) is 2. The summed E-state index contributed by atoms with van der Waals surface area (Å²) >= 11 is 7.76. The molecular weight excluding hydrogens is 434 g/mol. The molecule has 5 rings (SSSR count). The molecule has 0 aliphatic carbocycles. The number of methoxy groups -OCH3 is 1. The number of fused-ring (bicyclic) bond motifs is 2. The minimum Gasteiger partial charge on any atom is -0.496 e. The normalized spacial score (nSPS) is 11.3. The highest BCUT2D eigenvalue weighted by molar-refractivity contribution is 7.22. The van der Waals surface area contributed by atoms with E-state index in [2.05, 4.69) is 9.97 Å². The Morgan fingerprint density at radius 3 is 2.74 bits per heavy atom. The summed E-state index contributed by atoms with van der Waals surface area (Å²) in [6.07, 6.45) is 3.23. The first-order chi connectivity index (χ1) is 15.0. The number of nitrogens with one attached hydrogen (secondary N) is 1. The lowest BCUT2D eigenvalue weighted by atomic mass is 10.1. The van der Waals surface area contributed by atoms with Gasteiger partial charge in [-0.1, -0.05) is 35.9 Å². The fraction of sp³-hybridized carbons (Fsp3) is 0.0870. The quantitative estimate of drug-likeness (QED) is 0.424. The molecule has 0 unspecified atom stereocenters. The van der Waals surface area contributed by atoms with Gasteiger partial charge in [0.25, 0.3) is 5.56 Å². The molecule has 0 bridgehead atoms. The molecule has 6 nitrogen and oxygen atoms in total. The Hall–Kier alpha value is -3.42. The van der Waals surface area contributed by atoms with Gasteiger partial charge in [0.1, 0.15) is 10.4 Å². The van der Waals surface area contributed by atoms with Crippen molar-refractivity contribution in [2.75, 3.05) is 7.11 Å². The Labute approximate surface area is 185 Å². The van der Waals surface area contributed by atoms with E-state index in [1.807, 2.05) is 37.3 Å². The van der Waals surface area contributed by atoms with Crippen LogP contribution in [0.1, 0.15) is 5.56 Å². The van der Waals surface area contributed by atoms with Gasteiger partial charge in [0.05, 0.1) is 29.5 Å². The number of ether oxygens (including phenoxy) is 1. The van der Waals surface area contributed by atoms with Crippen molar-refractivity contribution < 1.29 is 4.74 Å². The van der Waals surface area contributed by atoms with Crippen LogP contribution in [0.25, 0.3) is 37.1 Å². The van der Waals surface area contributed by atoms with Crippen molar-refractivity contribution in [3.63, 3.8) is 0 Å². The molecule has 0 amide bonds. The van der Waals surface area contributed by atoms with E-state index < -0.39 is 11.2 Å². The Morgan fingerprint density at radius 2 is 1.94 bits per heavy atom. The number of aromatic amines is 1. The van der Waals surface area contributed by atoms with Crippen LogP contribution in [0, 0.1) is 6.92 Å². The first-order valence-corrected chi connectivity index (χ1v) is 10.6. The molecule has 5 aromatic rings. The van der Waals surface area contributed by atoms with E-state index >= 15 is 0 Å². The molecule has 2 aromatic carbocycles. The van der Waals surface area contributed by atoms with Crippen molar-refractivity contribution >= 4 is 43.9 Å². The Bertz CT molecular complexity index is 1590. The van der Waals surface area contributed by atoms with Crippen molar-refractivity contribution in [3.8, 4) is 21.9 Å². The van der Waals surface area contributed by atoms with Crippen LogP contribution in [0.15, 0.2) is 64.4 Å². The zero-order valence-electron chi connectivity index (χ0n) is 16.6. The highest BCUT2D eigenvalue weighted by Gasteiger charge is 2.17. The first kappa shape index (κ1) is 19.5. The number of rotatable bonds is 3. The molecule has 8 heteroatoms. The van der Waals surface area contributed by atoms with E-state index in [1.54, 1.807) is 25.4 Å². The molecule has 0 saturated carbocycles. The molecule has 0 radical (unpaired) electrons. The zero-order chi connectivity index (χ0) is 21.7. The highest BCUT2D eigenvalue weighted by atomic mass is 35.5. The van der Waals surface area contributed by atoms with Crippen molar-refractivity contribution in [1.29, 1.82) is 0 Å². The van der Waals surface area contributed by atoms with Gasteiger partial charge in [-0.3, -0.25) is 9.78 Å². The van der Waals surface area contributed by atoms with Crippen LogP contribution in [-0.2, 0) is 0 Å². The van der Waals surface area contributed by atoms with Crippen LogP contribution in [0.2, 0.25) is 5.02 Å². The number of hydrogen-bond donors (Lipinski definition) is 1. The molecular formula is C23H16ClN3O3S. The number of H-pyrrole nitrogens is 1. The van der Waals surface area contributed by atoms with Gasteiger partial charge in [-0.05, 0) is 30.7 Å². The molecule has 1 N–H and O–H groups in total. The zero-order valence-corrected chi connectivity index (χ0v) is 18.2. The lowest BCUT2D eigenvalue weighted by molar-refractivity contribution is 0.412. The summed E-state index contributed by atoms with van der Waals surface area (Å²) in [6, 6.07) is 12.9. The minimum atomic E-state index is -0.517. The fourth-order valence-corrected chi connectivity index (χ4v) is 5.10. The second-order valence-electron chi connectivity index (χ2n) is 7.11. The molecule has 0 aliphatic rings. The third-order valence-corrected chi connectivity index (χ3v) is 6.68. The molecule has 0 aliphatic heterocycles. The van der Waals surface area contributed by atoms with Crippen molar-refractivity contribution in [2.24, 2.45) is 0 Å². The second kappa shape index (κ2) is 7.37. The fourth-order valence-electron chi connectivity index (χ4n) is 3.71. The summed E-state index contributed by atoms with van der Waals surface area (Å²) in [5.41, 5.74) is 1.71. The number of pyridine rings is 1. The van der Waals surface area contributed by atoms with Gasteiger partial charge in [-0.25, -0.2) is 9.36 Å². The van der Waals surface area contributed by atoms with Gasteiger partial charge in [-0.15, -0.1) is 11.3 Å². The summed E-state index contributed by atoms with van der Waals surface area (Å²) in [5.74, 6) is 0.689. The van der Waals surface area contributed by atoms with Crippen molar-refractivity contribution in [1.82, 2.24) is 14.5 Å². The smallest absolute Gasteiger partial charge is 0.333 e. The summed E-state index contributed by atoms with van der Waals surface area (Å²) in [5, 5.41) is 2.13. The van der Waals surface area contributed by atoms with E-state index in [-0.39, 0.29) is 0 Å². The van der Waals surface area contributed by atoms with Crippen LogP contribution in [0.3, 0.4) is 0 Å². The Balaban J connectivity index is 1.76. The molecule has 0 atom stereocenters. The molecule has 3 aromatic heterocycles. The van der Waals surface area contributed by atoms with Crippen LogP contribution in [0.5, 0.6) is 5.75 Å². The molecule has 3 heterocycles. The van der Waals surface area contributed by atoms with Crippen molar-refractivity contribution in [3.05, 3.63) is 86.3 Å². The number of halogens is 1. The molecule has 154 valence electrons. The van der Waals surface area contributed by atoms with Gasteiger partial charge >= 0.3 is 5.69 Å². The van der Waals surface area contributed by atoms with Crippen molar-refractivity contribution in [2.45, 2.75) is 6.92 Å². The highest BCUT2D eigenvalue weighted by Crippen LogP contribution is 2.38. The summed E-state index contributed by atoms with van der Waals surface area (Å²) in [7, 11) is 1.59. The third-order valence-electron chi connectivity index (χ3n) is 5.21. The van der Waals surface area contributed by atoms with E-state index in [0.717, 1.165) is 31.3 Å². The maximum atomic E-state index is 13.4. The standard InChI is InChI=1S/C23H16ClN3O3S/c1-12-7-15(16(24)8-19(12)30-2)20-9-17-21(31-20)22(28)27(23(29)26-17)18-11-25-10-13-5-3-4-6-14(13)18/h3-11H,1-2H3,(H,26,29). The maximum absolute atomic E-state index is 13.4. The number of aryl methyl sites for hydroxylation is 1. The number of hydrogen-bond acceptors (Lipinski definition) is 5. The number of benzene rings is 2. The predicted octanol–water partition coefficient (Wildman–Crippen LogP) is 4.93. The van der Waals surface area contributed by atoms with Gasteiger partial charge in [0.2, 0.25) is 0 Å². The van der Waals surface area contributed by atoms with E-state index in [1.165, 1.54) is 17.5 Å². The SMILES string of the molecule is COc1cc(Cl)c(-c2cc3[nH]c(=O)n(-c4cncc5ccccc45)c(=O)c3s2)cc1C. The summed E-state index contributed by atoms with van der Waals surface area (Å²) < 4.78 is 6.90. The molecule has 0 saturated heterocycles. The first-order valence-electron chi connectivity index (χ1n) is 9.44.